The Hall–Kier alpha value is -0.240. The molecule has 0 amide bonds. The third-order valence-corrected chi connectivity index (χ3v) is 2.12. The zero-order chi connectivity index (χ0) is 15.5. The second kappa shape index (κ2) is 10.5. The van der Waals surface area contributed by atoms with Crippen LogP contribution in [0.2, 0.25) is 0 Å². The highest BCUT2D eigenvalue weighted by atomic mass is 17.4. The van der Waals surface area contributed by atoms with Crippen molar-refractivity contribution >= 4 is 0 Å². The Balaban J connectivity index is 3.84. The summed E-state index contributed by atoms with van der Waals surface area (Å²) < 4.78 is 0. The van der Waals surface area contributed by atoms with Crippen LogP contribution in [-0.2, 0) is 29.3 Å². The molecule has 6 nitrogen and oxygen atoms in total. The lowest BCUT2D eigenvalue weighted by Gasteiger charge is -2.28. The van der Waals surface area contributed by atoms with Gasteiger partial charge in [0.1, 0.15) is 0 Å². The van der Waals surface area contributed by atoms with Crippen molar-refractivity contribution in [1.82, 2.24) is 0 Å². The molecule has 0 heterocycles. The van der Waals surface area contributed by atoms with Crippen LogP contribution in [0.3, 0.4) is 0 Å². The minimum absolute atomic E-state index is 0.517. The Morgan fingerprint density at radius 1 is 0.600 bits per heavy atom. The summed E-state index contributed by atoms with van der Waals surface area (Å²) in [6.45, 7) is 11.9. The highest BCUT2D eigenvalue weighted by Crippen LogP contribution is 2.19. The molecule has 0 aliphatic heterocycles. The molecule has 0 atom stereocenters. The smallest absolute Gasteiger partial charge is 0.228 e. The largest absolute Gasteiger partial charge is 0.234 e. The fraction of sp³-hybridized carbons (Fsp3) is 1.00. The molecule has 0 aliphatic rings. The number of unbranched alkanes of at least 4 members (excludes halogenated alkanes) is 2. The SMILES string of the molecule is CCCCOOC(C)(C)OOC(C)(C)OOCCCC. The summed E-state index contributed by atoms with van der Waals surface area (Å²) >= 11 is 0. The van der Waals surface area contributed by atoms with Crippen molar-refractivity contribution in [1.29, 1.82) is 0 Å². The Bertz CT molecular complexity index is 206. The molecule has 0 aromatic heterocycles. The monoisotopic (exact) mass is 294 g/mol. The first kappa shape index (κ1) is 19.8. The van der Waals surface area contributed by atoms with Crippen LogP contribution in [0.4, 0.5) is 0 Å². The average Bonchev–Trinajstić information content (AvgIpc) is 2.38. The first-order valence-electron chi connectivity index (χ1n) is 7.31. The van der Waals surface area contributed by atoms with E-state index in [-0.39, 0.29) is 0 Å². The van der Waals surface area contributed by atoms with Crippen LogP contribution in [0.1, 0.15) is 67.2 Å². The van der Waals surface area contributed by atoms with E-state index in [1.807, 2.05) is 0 Å². The van der Waals surface area contributed by atoms with Gasteiger partial charge in [0.25, 0.3) is 0 Å². The van der Waals surface area contributed by atoms with E-state index in [1.54, 1.807) is 27.7 Å². The van der Waals surface area contributed by atoms with Gasteiger partial charge in [0.05, 0.1) is 13.2 Å². The maximum Gasteiger partial charge on any atom is 0.228 e. The van der Waals surface area contributed by atoms with Crippen LogP contribution < -0.4 is 0 Å². The molecule has 0 aliphatic carbocycles. The lowest BCUT2D eigenvalue weighted by Crippen LogP contribution is -2.36. The van der Waals surface area contributed by atoms with Crippen LogP contribution in [0.25, 0.3) is 0 Å². The third-order valence-electron chi connectivity index (χ3n) is 2.12. The van der Waals surface area contributed by atoms with Gasteiger partial charge in [-0.25, -0.2) is 9.78 Å². The van der Waals surface area contributed by atoms with Crippen molar-refractivity contribution in [2.45, 2.75) is 78.8 Å². The molecule has 0 spiro atoms. The fourth-order valence-corrected chi connectivity index (χ4v) is 1.00. The van der Waals surface area contributed by atoms with Crippen LogP contribution in [-0.4, -0.2) is 24.8 Å². The lowest BCUT2D eigenvalue weighted by molar-refractivity contribution is -0.568. The zero-order valence-electron chi connectivity index (χ0n) is 13.7. The van der Waals surface area contributed by atoms with Gasteiger partial charge in [-0.3, -0.25) is 0 Å². The van der Waals surface area contributed by atoms with Gasteiger partial charge in [-0.1, -0.05) is 26.7 Å². The Kier molecular flexibility index (Phi) is 10.4. The Morgan fingerprint density at radius 2 is 0.950 bits per heavy atom. The second-order valence-electron chi connectivity index (χ2n) is 5.48. The van der Waals surface area contributed by atoms with Gasteiger partial charge in [0.15, 0.2) is 0 Å². The highest BCUT2D eigenvalue weighted by molar-refractivity contribution is 4.50. The van der Waals surface area contributed by atoms with E-state index in [4.69, 9.17) is 29.3 Å². The summed E-state index contributed by atoms with van der Waals surface area (Å²) in [6.07, 6.45) is 3.93. The molecule has 0 bridgehead atoms. The number of rotatable bonds is 13. The molecule has 0 saturated heterocycles. The van der Waals surface area contributed by atoms with Crippen molar-refractivity contribution in [3.05, 3.63) is 0 Å². The molecular formula is C14H30O6. The number of hydrogen-bond donors (Lipinski definition) is 0. The molecule has 0 radical (unpaired) electrons. The maximum absolute atomic E-state index is 5.18. The molecule has 0 unspecified atom stereocenters. The quantitative estimate of drug-likeness (QED) is 0.222. The summed E-state index contributed by atoms with van der Waals surface area (Å²) in [5, 5.41) is 0. The fourth-order valence-electron chi connectivity index (χ4n) is 1.00. The zero-order valence-corrected chi connectivity index (χ0v) is 13.7. The van der Waals surface area contributed by atoms with E-state index in [1.165, 1.54) is 0 Å². The summed E-state index contributed by atoms with van der Waals surface area (Å²) in [5.74, 6) is -2.06. The molecule has 0 aromatic rings. The summed E-state index contributed by atoms with van der Waals surface area (Å²) in [6, 6.07) is 0. The van der Waals surface area contributed by atoms with E-state index in [2.05, 4.69) is 13.8 Å². The first-order chi connectivity index (χ1) is 9.33. The third kappa shape index (κ3) is 11.6. The molecule has 122 valence electrons. The van der Waals surface area contributed by atoms with Crippen LogP contribution >= 0.6 is 0 Å². The normalized spacial score (nSPS) is 12.9. The van der Waals surface area contributed by atoms with Crippen molar-refractivity contribution in [2.75, 3.05) is 13.2 Å². The van der Waals surface area contributed by atoms with Crippen molar-refractivity contribution in [2.24, 2.45) is 0 Å². The van der Waals surface area contributed by atoms with Gasteiger partial charge in [0.2, 0.25) is 11.6 Å². The summed E-state index contributed by atoms with van der Waals surface area (Å²) in [4.78, 5) is 30.7. The molecule has 0 fully saturated rings. The van der Waals surface area contributed by atoms with Crippen molar-refractivity contribution in [3.63, 3.8) is 0 Å². The predicted octanol–water partition coefficient (Wildman–Crippen LogP) is 3.90. The maximum atomic E-state index is 5.18. The lowest BCUT2D eigenvalue weighted by atomic mass is 10.4. The van der Waals surface area contributed by atoms with Crippen LogP contribution in [0, 0.1) is 0 Å². The molecule has 20 heavy (non-hydrogen) atoms. The highest BCUT2D eigenvalue weighted by Gasteiger charge is 2.29. The summed E-state index contributed by atoms with van der Waals surface area (Å²) in [7, 11) is 0. The van der Waals surface area contributed by atoms with E-state index in [9.17, 15) is 0 Å². The minimum atomic E-state index is -1.03. The van der Waals surface area contributed by atoms with Crippen LogP contribution in [0.15, 0.2) is 0 Å². The molecule has 0 saturated carbocycles. The first-order valence-corrected chi connectivity index (χ1v) is 7.31. The van der Waals surface area contributed by atoms with Gasteiger partial charge < -0.3 is 0 Å². The van der Waals surface area contributed by atoms with E-state index >= 15 is 0 Å². The number of hydrogen-bond acceptors (Lipinski definition) is 6. The van der Waals surface area contributed by atoms with E-state index in [0.717, 1.165) is 25.7 Å². The van der Waals surface area contributed by atoms with E-state index < -0.39 is 11.6 Å². The van der Waals surface area contributed by atoms with E-state index in [0.29, 0.717) is 13.2 Å². The Labute approximate surface area is 122 Å². The predicted molar refractivity (Wildman–Crippen MR) is 74.2 cm³/mol. The van der Waals surface area contributed by atoms with Crippen LogP contribution in [0.5, 0.6) is 0 Å². The standard InChI is InChI=1S/C14H30O6/c1-7-9-11-15-17-13(3,4)19-20-14(5,6)18-16-12-10-8-2/h7-12H2,1-6H3. The van der Waals surface area contributed by atoms with Gasteiger partial charge >= 0.3 is 0 Å². The van der Waals surface area contributed by atoms with Crippen molar-refractivity contribution in [3.8, 4) is 0 Å². The van der Waals surface area contributed by atoms with Gasteiger partial charge in [0, 0.05) is 0 Å². The second-order valence-corrected chi connectivity index (χ2v) is 5.48. The minimum Gasteiger partial charge on any atom is -0.234 e. The molecule has 0 N–H and O–H groups in total. The topological polar surface area (TPSA) is 55.4 Å². The molecule has 0 aromatic carbocycles. The van der Waals surface area contributed by atoms with Gasteiger partial charge in [-0.15, -0.1) is 0 Å². The van der Waals surface area contributed by atoms with Gasteiger partial charge in [-0.05, 0) is 40.5 Å². The molecule has 6 heteroatoms. The molecule has 0 rings (SSSR count). The molecular weight excluding hydrogens is 264 g/mol. The van der Waals surface area contributed by atoms with Crippen molar-refractivity contribution < 1.29 is 29.3 Å². The Morgan fingerprint density at radius 3 is 1.25 bits per heavy atom. The average molecular weight is 294 g/mol. The summed E-state index contributed by atoms with van der Waals surface area (Å²) in [5.41, 5.74) is 0. The van der Waals surface area contributed by atoms with Gasteiger partial charge in [-0.2, -0.15) is 19.6 Å².